The van der Waals surface area contributed by atoms with E-state index in [-0.39, 0.29) is 5.82 Å². The third-order valence-electron chi connectivity index (χ3n) is 5.08. The second kappa shape index (κ2) is 10.2. The van der Waals surface area contributed by atoms with E-state index in [9.17, 15) is 4.39 Å². The summed E-state index contributed by atoms with van der Waals surface area (Å²) in [6, 6.07) is 10.8. The number of piperazine rings is 1. The number of hydrogen-bond acceptors (Lipinski definition) is 4. The molecule has 0 unspecified atom stereocenters. The van der Waals surface area contributed by atoms with Crippen molar-refractivity contribution in [1.29, 1.82) is 0 Å². The van der Waals surface area contributed by atoms with E-state index in [1.54, 1.807) is 12.1 Å². The summed E-state index contributed by atoms with van der Waals surface area (Å²) in [7, 11) is 4.14. The third-order valence-corrected chi connectivity index (χ3v) is 5.08. The first kappa shape index (κ1) is 21.0. The first-order chi connectivity index (χ1) is 14.0. The molecule has 0 atom stereocenters. The molecule has 1 aliphatic heterocycles. The summed E-state index contributed by atoms with van der Waals surface area (Å²) in [5.41, 5.74) is 2.12. The van der Waals surface area contributed by atoms with Crippen molar-refractivity contribution < 1.29 is 4.39 Å². The number of likely N-dealkylation sites (N-methyl/N-ethyl adjacent to an activating group) is 1. The zero-order chi connectivity index (χ0) is 20.6. The molecular formula is C22H31FN6. The van der Waals surface area contributed by atoms with Crippen LogP contribution in [0.3, 0.4) is 0 Å². The Morgan fingerprint density at radius 2 is 1.79 bits per heavy atom. The molecule has 0 amide bonds. The molecule has 7 heteroatoms. The zero-order valence-corrected chi connectivity index (χ0v) is 17.6. The Balaban J connectivity index is 1.61. The van der Waals surface area contributed by atoms with Crippen molar-refractivity contribution in [2.75, 3.05) is 51.7 Å². The molecule has 6 nitrogen and oxygen atoms in total. The van der Waals surface area contributed by atoms with Gasteiger partial charge in [-0.15, -0.1) is 0 Å². The van der Waals surface area contributed by atoms with Gasteiger partial charge in [0, 0.05) is 52.5 Å². The second-order valence-corrected chi connectivity index (χ2v) is 7.47. The average Bonchev–Trinajstić information content (AvgIpc) is 2.74. The summed E-state index contributed by atoms with van der Waals surface area (Å²) in [6.07, 6.45) is 1.92. The maximum absolute atomic E-state index is 13.1. The van der Waals surface area contributed by atoms with Gasteiger partial charge in [-0.1, -0.05) is 18.2 Å². The van der Waals surface area contributed by atoms with Crippen LogP contribution in [-0.2, 0) is 13.1 Å². The highest BCUT2D eigenvalue weighted by atomic mass is 19.1. The number of halogens is 1. The van der Waals surface area contributed by atoms with Crippen molar-refractivity contribution in [3.63, 3.8) is 0 Å². The Morgan fingerprint density at radius 1 is 1.10 bits per heavy atom. The van der Waals surface area contributed by atoms with E-state index in [4.69, 9.17) is 4.99 Å². The first-order valence-corrected chi connectivity index (χ1v) is 10.2. The van der Waals surface area contributed by atoms with Crippen molar-refractivity contribution in [2.24, 2.45) is 4.99 Å². The number of aliphatic imine (C=N–C) groups is 1. The topological polar surface area (TPSA) is 47.0 Å². The molecule has 0 spiro atoms. The van der Waals surface area contributed by atoms with E-state index in [2.05, 4.69) is 39.3 Å². The van der Waals surface area contributed by atoms with E-state index in [1.807, 2.05) is 25.1 Å². The summed E-state index contributed by atoms with van der Waals surface area (Å²) in [5.74, 6) is 1.63. The van der Waals surface area contributed by atoms with Crippen LogP contribution in [0.15, 0.2) is 47.6 Å². The molecule has 1 fully saturated rings. The smallest absolute Gasteiger partial charge is 0.194 e. The Labute approximate surface area is 173 Å². The van der Waals surface area contributed by atoms with Crippen LogP contribution in [0.25, 0.3) is 0 Å². The number of aromatic nitrogens is 1. The molecule has 0 saturated carbocycles. The fourth-order valence-corrected chi connectivity index (χ4v) is 3.31. The van der Waals surface area contributed by atoms with Gasteiger partial charge in [0.2, 0.25) is 0 Å². The van der Waals surface area contributed by atoms with E-state index >= 15 is 0 Å². The molecule has 1 aromatic heterocycles. The zero-order valence-electron chi connectivity index (χ0n) is 17.6. The molecule has 29 heavy (non-hydrogen) atoms. The monoisotopic (exact) mass is 398 g/mol. The molecule has 2 aromatic rings. The van der Waals surface area contributed by atoms with Gasteiger partial charge in [-0.3, -0.25) is 0 Å². The minimum absolute atomic E-state index is 0.218. The van der Waals surface area contributed by atoms with Crippen molar-refractivity contribution in [3.8, 4) is 0 Å². The molecule has 3 rings (SSSR count). The SMILES string of the molecule is CCNC(=NCc1ccc(N2CCN(C)CC2)nc1)N(C)Cc1ccc(F)cc1. The fraction of sp³-hybridized carbons (Fsp3) is 0.455. The Morgan fingerprint density at radius 3 is 2.41 bits per heavy atom. The number of pyridine rings is 1. The normalized spacial score (nSPS) is 15.4. The lowest BCUT2D eigenvalue weighted by Gasteiger charge is -2.33. The van der Waals surface area contributed by atoms with Gasteiger partial charge >= 0.3 is 0 Å². The van der Waals surface area contributed by atoms with Gasteiger partial charge in [0.25, 0.3) is 0 Å². The lowest BCUT2D eigenvalue weighted by Crippen LogP contribution is -2.44. The molecular weight excluding hydrogens is 367 g/mol. The number of guanidine groups is 1. The van der Waals surface area contributed by atoms with Gasteiger partial charge in [-0.05, 0) is 43.3 Å². The van der Waals surface area contributed by atoms with Gasteiger partial charge in [-0.25, -0.2) is 14.4 Å². The standard InChI is InChI=1S/C22H31FN6/c1-4-24-22(28(3)17-18-5-8-20(23)9-6-18)26-16-19-7-10-21(25-15-19)29-13-11-27(2)12-14-29/h5-10,15H,4,11-14,16-17H2,1-3H3,(H,24,26). The lowest BCUT2D eigenvalue weighted by molar-refractivity contribution is 0.312. The van der Waals surface area contributed by atoms with Crippen molar-refractivity contribution in [1.82, 2.24) is 20.1 Å². The van der Waals surface area contributed by atoms with Crippen LogP contribution < -0.4 is 10.2 Å². The lowest BCUT2D eigenvalue weighted by atomic mass is 10.2. The predicted molar refractivity (Wildman–Crippen MR) is 117 cm³/mol. The van der Waals surface area contributed by atoms with Gasteiger partial charge in [-0.2, -0.15) is 0 Å². The van der Waals surface area contributed by atoms with Crippen LogP contribution in [0, 0.1) is 5.82 Å². The van der Waals surface area contributed by atoms with Crippen molar-refractivity contribution >= 4 is 11.8 Å². The summed E-state index contributed by atoms with van der Waals surface area (Å²) < 4.78 is 13.1. The summed E-state index contributed by atoms with van der Waals surface area (Å²) >= 11 is 0. The quantitative estimate of drug-likeness (QED) is 0.599. The minimum atomic E-state index is -0.218. The largest absolute Gasteiger partial charge is 0.357 e. The van der Waals surface area contributed by atoms with E-state index in [1.165, 1.54) is 12.1 Å². The maximum atomic E-state index is 13.1. The van der Waals surface area contributed by atoms with Crippen LogP contribution in [-0.4, -0.2) is 67.6 Å². The molecule has 1 N–H and O–H groups in total. The van der Waals surface area contributed by atoms with E-state index < -0.39 is 0 Å². The number of nitrogens with zero attached hydrogens (tertiary/aromatic N) is 5. The summed E-state index contributed by atoms with van der Waals surface area (Å²) in [5, 5.41) is 3.32. The highest BCUT2D eigenvalue weighted by molar-refractivity contribution is 5.79. The molecule has 1 aromatic carbocycles. The maximum Gasteiger partial charge on any atom is 0.194 e. The summed E-state index contributed by atoms with van der Waals surface area (Å²) in [4.78, 5) is 16.1. The Kier molecular flexibility index (Phi) is 7.41. The van der Waals surface area contributed by atoms with Gasteiger partial charge in [0.15, 0.2) is 5.96 Å². The number of hydrogen-bond donors (Lipinski definition) is 1. The van der Waals surface area contributed by atoms with Gasteiger partial charge in [0.1, 0.15) is 11.6 Å². The molecule has 0 aliphatic carbocycles. The molecule has 2 heterocycles. The predicted octanol–water partition coefficient (Wildman–Crippen LogP) is 2.57. The number of anilines is 1. The van der Waals surface area contributed by atoms with Gasteiger partial charge in [0.05, 0.1) is 6.54 Å². The molecule has 1 saturated heterocycles. The van der Waals surface area contributed by atoms with Crippen LogP contribution in [0.5, 0.6) is 0 Å². The number of benzene rings is 1. The molecule has 156 valence electrons. The third kappa shape index (κ3) is 6.15. The highest BCUT2D eigenvalue weighted by Gasteiger charge is 2.15. The Bertz CT molecular complexity index is 782. The number of nitrogens with one attached hydrogen (secondary N) is 1. The molecule has 1 aliphatic rings. The Hall–Kier alpha value is -2.67. The van der Waals surface area contributed by atoms with E-state index in [0.717, 1.165) is 55.6 Å². The van der Waals surface area contributed by atoms with Crippen LogP contribution in [0.2, 0.25) is 0 Å². The van der Waals surface area contributed by atoms with Crippen molar-refractivity contribution in [3.05, 3.63) is 59.5 Å². The van der Waals surface area contributed by atoms with Crippen molar-refractivity contribution in [2.45, 2.75) is 20.0 Å². The fourth-order valence-electron chi connectivity index (χ4n) is 3.31. The molecule has 0 radical (unpaired) electrons. The van der Waals surface area contributed by atoms with Gasteiger partial charge < -0.3 is 20.0 Å². The van der Waals surface area contributed by atoms with Crippen LogP contribution >= 0.6 is 0 Å². The van der Waals surface area contributed by atoms with E-state index in [0.29, 0.717) is 13.1 Å². The minimum Gasteiger partial charge on any atom is -0.357 e. The summed E-state index contributed by atoms with van der Waals surface area (Å²) in [6.45, 7) is 8.22. The highest BCUT2D eigenvalue weighted by Crippen LogP contribution is 2.14. The van der Waals surface area contributed by atoms with Crippen LogP contribution in [0.1, 0.15) is 18.1 Å². The molecule has 0 bridgehead atoms. The number of rotatable bonds is 6. The second-order valence-electron chi connectivity index (χ2n) is 7.47. The average molecular weight is 399 g/mol. The first-order valence-electron chi connectivity index (χ1n) is 10.2. The van der Waals surface area contributed by atoms with Crippen LogP contribution in [0.4, 0.5) is 10.2 Å².